The van der Waals surface area contributed by atoms with Gasteiger partial charge in [0.15, 0.2) is 0 Å². The Morgan fingerprint density at radius 2 is 2.21 bits per heavy atom. The third-order valence-corrected chi connectivity index (χ3v) is 4.39. The van der Waals surface area contributed by atoms with Crippen LogP contribution in [0.15, 0.2) is 34.1 Å². The number of carbonyl (C=O) groups excluding carboxylic acids is 1. The van der Waals surface area contributed by atoms with Crippen molar-refractivity contribution >= 4 is 38.9 Å². The van der Waals surface area contributed by atoms with Gasteiger partial charge in [-0.2, -0.15) is 0 Å². The Morgan fingerprint density at radius 1 is 1.42 bits per heavy atom. The molecule has 100 valence electrons. The summed E-state index contributed by atoms with van der Waals surface area (Å²) in [6.07, 6.45) is 0. The van der Waals surface area contributed by atoms with Gasteiger partial charge in [0.25, 0.3) is 0 Å². The van der Waals surface area contributed by atoms with Gasteiger partial charge in [-0.05, 0) is 45.6 Å². The predicted molar refractivity (Wildman–Crippen MR) is 78.5 cm³/mol. The first kappa shape index (κ1) is 13.9. The van der Waals surface area contributed by atoms with Crippen LogP contribution in [0.3, 0.4) is 0 Å². The molecular weight excluding hydrogens is 330 g/mol. The normalized spacial score (nSPS) is 10.2. The van der Waals surface area contributed by atoms with Gasteiger partial charge in [0.1, 0.15) is 12.4 Å². The van der Waals surface area contributed by atoms with Gasteiger partial charge < -0.3 is 15.2 Å². The van der Waals surface area contributed by atoms with Crippen LogP contribution in [0.5, 0.6) is 5.75 Å². The molecule has 0 radical (unpaired) electrons. The molecule has 1 aromatic carbocycles. The number of anilines is 1. The SMILES string of the molecule is COc1cc(C(=O)OCc2sccc2Br)ccc1N. The predicted octanol–water partition coefficient (Wildman–Crippen LogP) is 3.46. The minimum atomic E-state index is -0.404. The molecule has 1 heterocycles. The van der Waals surface area contributed by atoms with Crippen LogP contribution >= 0.6 is 27.3 Å². The van der Waals surface area contributed by atoms with Crippen molar-refractivity contribution in [1.82, 2.24) is 0 Å². The number of nitrogen functional groups attached to an aromatic ring is 1. The van der Waals surface area contributed by atoms with Crippen molar-refractivity contribution in [3.05, 3.63) is 44.6 Å². The van der Waals surface area contributed by atoms with E-state index in [0.29, 0.717) is 17.0 Å². The average molecular weight is 342 g/mol. The minimum absolute atomic E-state index is 0.240. The number of rotatable bonds is 4. The highest BCUT2D eigenvalue weighted by atomic mass is 79.9. The fraction of sp³-hybridized carbons (Fsp3) is 0.154. The summed E-state index contributed by atoms with van der Waals surface area (Å²) in [7, 11) is 1.50. The lowest BCUT2D eigenvalue weighted by atomic mass is 10.2. The van der Waals surface area contributed by atoms with Gasteiger partial charge in [0.2, 0.25) is 0 Å². The molecule has 19 heavy (non-hydrogen) atoms. The largest absolute Gasteiger partial charge is 0.495 e. The molecule has 0 spiro atoms. The highest BCUT2D eigenvalue weighted by Gasteiger charge is 2.11. The molecular formula is C13H12BrNO3S. The highest BCUT2D eigenvalue weighted by Crippen LogP contribution is 2.25. The zero-order chi connectivity index (χ0) is 13.8. The van der Waals surface area contributed by atoms with E-state index in [4.69, 9.17) is 15.2 Å². The minimum Gasteiger partial charge on any atom is -0.495 e. The Labute approximate surface area is 123 Å². The molecule has 0 unspecified atom stereocenters. The lowest BCUT2D eigenvalue weighted by molar-refractivity contribution is 0.0476. The Morgan fingerprint density at radius 3 is 2.84 bits per heavy atom. The lowest BCUT2D eigenvalue weighted by Crippen LogP contribution is -2.05. The molecule has 0 saturated heterocycles. The van der Waals surface area contributed by atoms with Crippen molar-refractivity contribution in [2.24, 2.45) is 0 Å². The third kappa shape index (κ3) is 3.27. The number of esters is 1. The van der Waals surface area contributed by atoms with Crippen LogP contribution in [0.4, 0.5) is 5.69 Å². The van der Waals surface area contributed by atoms with Gasteiger partial charge in [-0.1, -0.05) is 0 Å². The van der Waals surface area contributed by atoms with Crippen molar-refractivity contribution < 1.29 is 14.3 Å². The third-order valence-electron chi connectivity index (χ3n) is 2.49. The summed E-state index contributed by atoms with van der Waals surface area (Å²) in [6.45, 7) is 0.240. The second-order valence-electron chi connectivity index (χ2n) is 3.72. The first-order valence-corrected chi connectivity index (χ1v) is 7.11. The van der Waals surface area contributed by atoms with Gasteiger partial charge in [0.05, 0.1) is 23.2 Å². The van der Waals surface area contributed by atoms with Crippen molar-refractivity contribution in [3.8, 4) is 5.75 Å². The van der Waals surface area contributed by atoms with Gasteiger partial charge in [-0.25, -0.2) is 4.79 Å². The monoisotopic (exact) mass is 341 g/mol. The fourth-order valence-corrected chi connectivity index (χ4v) is 2.86. The maximum Gasteiger partial charge on any atom is 0.338 e. The van der Waals surface area contributed by atoms with Gasteiger partial charge in [-0.15, -0.1) is 11.3 Å². The van der Waals surface area contributed by atoms with Crippen LogP contribution in [0.2, 0.25) is 0 Å². The van der Waals surface area contributed by atoms with E-state index in [-0.39, 0.29) is 6.61 Å². The molecule has 2 aromatic rings. The molecule has 0 aliphatic carbocycles. The fourth-order valence-electron chi connectivity index (χ4n) is 1.48. The molecule has 1 aromatic heterocycles. The van der Waals surface area contributed by atoms with Crippen molar-refractivity contribution in [2.45, 2.75) is 6.61 Å². The summed E-state index contributed by atoms with van der Waals surface area (Å²) in [4.78, 5) is 12.9. The summed E-state index contributed by atoms with van der Waals surface area (Å²) >= 11 is 4.92. The Kier molecular flexibility index (Phi) is 4.44. The summed E-state index contributed by atoms with van der Waals surface area (Å²) in [6, 6.07) is 6.72. The second-order valence-corrected chi connectivity index (χ2v) is 5.58. The van der Waals surface area contributed by atoms with Crippen LogP contribution in [0, 0.1) is 0 Å². The molecule has 0 saturated carbocycles. The van der Waals surface area contributed by atoms with Crippen LogP contribution in [-0.2, 0) is 11.3 Å². The molecule has 0 amide bonds. The van der Waals surface area contributed by atoms with E-state index < -0.39 is 5.97 Å². The average Bonchev–Trinajstić information content (AvgIpc) is 2.82. The van der Waals surface area contributed by atoms with Crippen LogP contribution in [0.1, 0.15) is 15.2 Å². The molecule has 4 nitrogen and oxygen atoms in total. The van der Waals surface area contributed by atoms with E-state index in [1.54, 1.807) is 18.2 Å². The molecule has 0 aliphatic heterocycles. The summed E-state index contributed by atoms with van der Waals surface area (Å²) < 4.78 is 11.2. The van der Waals surface area contributed by atoms with E-state index in [9.17, 15) is 4.79 Å². The number of halogens is 1. The summed E-state index contributed by atoms with van der Waals surface area (Å²) in [5.41, 5.74) is 6.59. The Hall–Kier alpha value is -1.53. The van der Waals surface area contributed by atoms with E-state index in [0.717, 1.165) is 9.35 Å². The number of hydrogen-bond acceptors (Lipinski definition) is 5. The molecule has 0 bridgehead atoms. The number of methoxy groups -OCH3 is 1. The molecule has 2 rings (SSSR count). The smallest absolute Gasteiger partial charge is 0.338 e. The standard InChI is InChI=1S/C13H12BrNO3S/c1-17-11-6-8(2-3-10(11)15)13(16)18-7-12-9(14)4-5-19-12/h2-6H,7,15H2,1H3. The van der Waals surface area contributed by atoms with Crippen LogP contribution < -0.4 is 10.5 Å². The quantitative estimate of drug-likeness (QED) is 0.683. The van der Waals surface area contributed by atoms with E-state index >= 15 is 0 Å². The van der Waals surface area contributed by atoms with E-state index in [1.807, 2.05) is 11.4 Å². The summed E-state index contributed by atoms with van der Waals surface area (Å²) in [5, 5.41) is 1.93. The molecule has 2 N–H and O–H groups in total. The van der Waals surface area contributed by atoms with Gasteiger partial charge >= 0.3 is 5.97 Å². The zero-order valence-electron chi connectivity index (χ0n) is 10.2. The molecule has 0 aliphatic rings. The second kappa shape index (κ2) is 6.08. The van der Waals surface area contributed by atoms with E-state index in [1.165, 1.54) is 18.4 Å². The first-order chi connectivity index (χ1) is 9.11. The zero-order valence-corrected chi connectivity index (χ0v) is 12.6. The maximum atomic E-state index is 11.9. The number of ether oxygens (including phenoxy) is 2. The lowest BCUT2D eigenvalue weighted by Gasteiger charge is -2.07. The topological polar surface area (TPSA) is 61.5 Å². The molecule has 0 atom stereocenters. The molecule has 6 heteroatoms. The van der Waals surface area contributed by atoms with E-state index in [2.05, 4.69) is 15.9 Å². The highest BCUT2D eigenvalue weighted by molar-refractivity contribution is 9.10. The van der Waals surface area contributed by atoms with Crippen molar-refractivity contribution in [2.75, 3.05) is 12.8 Å². The number of carbonyl (C=O) groups is 1. The maximum absolute atomic E-state index is 11.9. The Balaban J connectivity index is 2.06. The summed E-state index contributed by atoms with van der Waals surface area (Å²) in [5.74, 6) is 0.0605. The number of benzene rings is 1. The number of nitrogens with two attached hydrogens (primary N) is 1. The first-order valence-electron chi connectivity index (χ1n) is 5.44. The van der Waals surface area contributed by atoms with Crippen LogP contribution in [-0.4, -0.2) is 13.1 Å². The Bertz CT molecular complexity index is 597. The van der Waals surface area contributed by atoms with Crippen molar-refractivity contribution in [3.63, 3.8) is 0 Å². The molecule has 0 fully saturated rings. The van der Waals surface area contributed by atoms with Crippen LogP contribution in [0.25, 0.3) is 0 Å². The van der Waals surface area contributed by atoms with Crippen molar-refractivity contribution in [1.29, 1.82) is 0 Å². The number of hydrogen-bond donors (Lipinski definition) is 1. The van der Waals surface area contributed by atoms with Gasteiger partial charge in [-0.3, -0.25) is 0 Å². The number of thiophene rings is 1. The van der Waals surface area contributed by atoms with Gasteiger partial charge in [0, 0.05) is 4.47 Å².